The predicted octanol–water partition coefficient (Wildman–Crippen LogP) is 2.68. The van der Waals surface area contributed by atoms with Gasteiger partial charge in [-0.3, -0.25) is 0 Å². The maximum Gasteiger partial charge on any atom is 0.340 e. The molecule has 0 bridgehead atoms. The van der Waals surface area contributed by atoms with Crippen molar-refractivity contribution in [2.24, 2.45) is 5.73 Å². The first-order valence-electron chi connectivity index (χ1n) is 8.20. The lowest BCUT2D eigenvalue weighted by Gasteiger charge is -2.29. The van der Waals surface area contributed by atoms with Crippen LogP contribution in [0.15, 0.2) is 47.1 Å². The first kappa shape index (κ1) is 18.6. The van der Waals surface area contributed by atoms with Crippen LogP contribution in [0.1, 0.15) is 37.8 Å². The summed E-state index contributed by atoms with van der Waals surface area (Å²) in [4.78, 5) is 25.1. The lowest BCUT2D eigenvalue weighted by molar-refractivity contribution is -0.140. The highest BCUT2D eigenvalue weighted by atomic mass is 16.5. The maximum atomic E-state index is 12.6. The number of carbonyl (C=O) groups excluding carboxylic acids is 2. The SMILES string of the molecule is CCOC(=O)C1=C(C)OC(N)=C(C(=O)OCC)[C@@H]1c1ccccc1C. The van der Waals surface area contributed by atoms with Crippen molar-refractivity contribution in [1.29, 1.82) is 0 Å². The van der Waals surface area contributed by atoms with Crippen molar-refractivity contribution in [3.05, 3.63) is 58.2 Å². The fourth-order valence-electron chi connectivity index (χ4n) is 2.88. The molecule has 0 aromatic heterocycles. The highest BCUT2D eigenvalue weighted by molar-refractivity contribution is 5.99. The van der Waals surface area contributed by atoms with E-state index in [0.717, 1.165) is 11.1 Å². The first-order chi connectivity index (χ1) is 11.9. The number of hydrogen-bond donors (Lipinski definition) is 1. The molecule has 6 nitrogen and oxygen atoms in total. The second kappa shape index (κ2) is 7.88. The molecule has 25 heavy (non-hydrogen) atoms. The Morgan fingerprint density at radius 2 is 1.60 bits per heavy atom. The van der Waals surface area contributed by atoms with Crippen LogP contribution >= 0.6 is 0 Å². The monoisotopic (exact) mass is 345 g/mol. The summed E-state index contributed by atoms with van der Waals surface area (Å²) in [5.74, 6) is -1.59. The molecule has 0 aliphatic carbocycles. The van der Waals surface area contributed by atoms with Gasteiger partial charge in [-0.05, 0) is 38.8 Å². The van der Waals surface area contributed by atoms with Gasteiger partial charge in [0, 0.05) is 0 Å². The Kier molecular flexibility index (Phi) is 5.85. The Morgan fingerprint density at radius 3 is 2.16 bits per heavy atom. The van der Waals surface area contributed by atoms with E-state index < -0.39 is 17.9 Å². The van der Waals surface area contributed by atoms with Gasteiger partial charge in [-0.15, -0.1) is 0 Å². The summed E-state index contributed by atoms with van der Waals surface area (Å²) in [6.45, 7) is 7.36. The Labute approximate surface area is 147 Å². The molecule has 1 aliphatic heterocycles. The van der Waals surface area contributed by atoms with Gasteiger partial charge < -0.3 is 19.9 Å². The molecule has 0 fully saturated rings. The van der Waals surface area contributed by atoms with Crippen molar-refractivity contribution in [2.75, 3.05) is 13.2 Å². The lowest BCUT2D eigenvalue weighted by atomic mass is 9.80. The molecule has 0 radical (unpaired) electrons. The molecule has 2 rings (SSSR count). The fraction of sp³-hybridized carbons (Fsp3) is 0.368. The summed E-state index contributed by atoms with van der Waals surface area (Å²) in [6.07, 6.45) is 0. The van der Waals surface area contributed by atoms with Crippen LogP contribution in [0.2, 0.25) is 0 Å². The van der Waals surface area contributed by atoms with Gasteiger partial charge in [0.05, 0.1) is 24.7 Å². The van der Waals surface area contributed by atoms with Crippen molar-refractivity contribution in [3.63, 3.8) is 0 Å². The van der Waals surface area contributed by atoms with E-state index in [4.69, 9.17) is 19.9 Å². The standard InChI is InChI=1S/C19H23NO5/c1-5-23-18(21)14-12(4)25-17(20)16(19(22)24-6-2)15(14)13-10-8-7-9-11(13)3/h7-10,15H,5-6,20H2,1-4H3/t15-/m1/s1. The van der Waals surface area contributed by atoms with Gasteiger partial charge in [0.2, 0.25) is 5.88 Å². The molecule has 1 aliphatic rings. The highest BCUT2D eigenvalue weighted by Gasteiger charge is 2.40. The van der Waals surface area contributed by atoms with Crippen LogP contribution in [-0.2, 0) is 23.8 Å². The second-order valence-corrected chi connectivity index (χ2v) is 5.58. The second-order valence-electron chi connectivity index (χ2n) is 5.58. The molecule has 0 unspecified atom stereocenters. The number of esters is 2. The molecule has 1 aromatic rings. The first-order valence-corrected chi connectivity index (χ1v) is 8.20. The lowest BCUT2D eigenvalue weighted by Crippen LogP contribution is -2.30. The molecule has 0 amide bonds. The predicted molar refractivity (Wildman–Crippen MR) is 92.2 cm³/mol. The van der Waals surface area contributed by atoms with E-state index >= 15 is 0 Å². The van der Waals surface area contributed by atoms with E-state index in [1.165, 1.54) is 0 Å². The maximum absolute atomic E-state index is 12.6. The Bertz CT molecular complexity index is 708. The van der Waals surface area contributed by atoms with E-state index in [1.54, 1.807) is 20.8 Å². The molecule has 0 saturated carbocycles. The third-order valence-electron chi connectivity index (χ3n) is 3.98. The van der Waals surface area contributed by atoms with Crippen LogP contribution in [0.4, 0.5) is 0 Å². The number of rotatable bonds is 5. The van der Waals surface area contributed by atoms with Gasteiger partial charge in [0.15, 0.2) is 0 Å². The van der Waals surface area contributed by atoms with Crippen LogP contribution in [0, 0.1) is 6.92 Å². The minimum absolute atomic E-state index is 0.0581. The van der Waals surface area contributed by atoms with Gasteiger partial charge >= 0.3 is 11.9 Å². The van der Waals surface area contributed by atoms with E-state index in [0.29, 0.717) is 5.76 Å². The summed E-state index contributed by atoms with van der Waals surface area (Å²) in [5, 5.41) is 0. The number of aryl methyl sites for hydroxylation is 1. The molecule has 6 heteroatoms. The number of ether oxygens (including phenoxy) is 3. The summed E-state index contributed by atoms with van der Waals surface area (Å²) in [5.41, 5.74) is 8.05. The summed E-state index contributed by atoms with van der Waals surface area (Å²) in [6, 6.07) is 7.48. The number of benzene rings is 1. The average Bonchev–Trinajstić information content (AvgIpc) is 2.54. The summed E-state index contributed by atoms with van der Waals surface area (Å²) >= 11 is 0. The third kappa shape index (κ3) is 3.68. The normalized spacial score (nSPS) is 17.2. The molecule has 1 aromatic carbocycles. The smallest absolute Gasteiger partial charge is 0.340 e. The van der Waals surface area contributed by atoms with Crippen molar-refractivity contribution in [3.8, 4) is 0 Å². The Morgan fingerprint density at radius 1 is 1.04 bits per heavy atom. The molecule has 1 heterocycles. The van der Waals surface area contributed by atoms with Crippen molar-refractivity contribution < 1.29 is 23.8 Å². The van der Waals surface area contributed by atoms with E-state index in [2.05, 4.69) is 0 Å². The third-order valence-corrected chi connectivity index (χ3v) is 3.98. The molecule has 0 spiro atoms. The van der Waals surface area contributed by atoms with Gasteiger partial charge in [-0.25, -0.2) is 9.59 Å². The summed E-state index contributed by atoms with van der Waals surface area (Å²) in [7, 11) is 0. The number of allylic oxidation sites excluding steroid dienone is 1. The van der Waals surface area contributed by atoms with Crippen molar-refractivity contribution in [1.82, 2.24) is 0 Å². The number of carbonyl (C=O) groups is 2. The molecular formula is C19H23NO5. The van der Waals surface area contributed by atoms with Crippen LogP contribution in [0.3, 0.4) is 0 Å². The molecule has 0 saturated heterocycles. The zero-order valence-electron chi connectivity index (χ0n) is 14.9. The van der Waals surface area contributed by atoms with Crippen LogP contribution < -0.4 is 5.73 Å². The minimum Gasteiger partial charge on any atom is -0.463 e. The van der Waals surface area contributed by atoms with E-state index in [-0.39, 0.29) is 30.2 Å². The number of hydrogen-bond acceptors (Lipinski definition) is 6. The van der Waals surface area contributed by atoms with Gasteiger partial charge in [0.25, 0.3) is 0 Å². The quantitative estimate of drug-likeness (QED) is 0.826. The highest BCUT2D eigenvalue weighted by Crippen LogP contribution is 2.41. The van der Waals surface area contributed by atoms with E-state index in [9.17, 15) is 9.59 Å². The van der Waals surface area contributed by atoms with Crippen LogP contribution in [0.25, 0.3) is 0 Å². The Balaban J connectivity index is 2.66. The largest absolute Gasteiger partial charge is 0.463 e. The average molecular weight is 345 g/mol. The van der Waals surface area contributed by atoms with Gasteiger partial charge in [-0.1, -0.05) is 24.3 Å². The van der Waals surface area contributed by atoms with E-state index in [1.807, 2.05) is 31.2 Å². The zero-order chi connectivity index (χ0) is 18.6. The fourth-order valence-corrected chi connectivity index (χ4v) is 2.88. The van der Waals surface area contributed by atoms with Crippen LogP contribution in [0.5, 0.6) is 0 Å². The summed E-state index contributed by atoms with van der Waals surface area (Å²) < 4.78 is 15.8. The van der Waals surface area contributed by atoms with Crippen LogP contribution in [-0.4, -0.2) is 25.2 Å². The Hall–Kier alpha value is -2.76. The molecule has 2 N–H and O–H groups in total. The molecule has 134 valence electrons. The van der Waals surface area contributed by atoms with Gasteiger partial charge in [-0.2, -0.15) is 0 Å². The van der Waals surface area contributed by atoms with Crippen molar-refractivity contribution in [2.45, 2.75) is 33.6 Å². The molecule has 1 atom stereocenters. The zero-order valence-corrected chi connectivity index (χ0v) is 14.9. The van der Waals surface area contributed by atoms with Crippen molar-refractivity contribution >= 4 is 11.9 Å². The topological polar surface area (TPSA) is 87.9 Å². The van der Waals surface area contributed by atoms with Gasteiger partial charge in [0.1, 0.15) is 11.3 Å². The number of nitrogens with two attached hydrogens (primary N) is 1. The molecular weight excluding hydrogens is 322 g/mol. The minimum atomic E-state index is -0.701.